The first-order valence-corrected chi connectivity index (χ1v) is 11.1. The smallest absolute Gasteiger partial charge is 0.207 e. The molecule has 0 saturated heterocycles. The summed E-state index contributed by atoms with van der Waals surface area (Å²) in [6.07, 6.45) is -3.82. The van der Waals surface area contributed by atoms with E-state index in [0.717, 1.165) is 34.6 Å². The van der Waals surface area contributed by atoms with Crippen LogP contribution in [0.25, 0.3) is 0 Å². The predicted octanol–water partition coefficient (Wildman–Crippen LogP) is 5.08. The lowest BCUT2D eigenvalue weighted by Gasteiger charge is -2.22. The Balaban J connectivity index is 2.17. The van der Waals surface area contributed by atoms with Crippen molar-refractivity contribution in [1.29, 1.82) is 0 Å². The van der Waals surface area contributed by atoms with Crippen LogP contribution in [-0.2, 0) is 39.0 Å². The van der Waals surface area contributed by atoms with E-state index in [1.54, 1.807) is 0 Å². The molecule has 0 atom stereocenters. The number of nitrogens with zero attached hydrogens (tertiary/aromatic N) is 1. The second-order valence-electron chi connectivity index (χ2n) is 8.19. The number of hydrogen-bond acceptors (Lipinski definition) is 4. The van der Waals surface area contributed by atoms with Crippen LogP contribution < -0.4 is 0 Å². The molecule has 0 saturated carbocycles. The van der Waals surface area contributed by atoms with Gasteiger partial charge >= 0.3 is 6.18 Å². The highest BCUT2D eigenvalue weighted by Crippen LogP contribution is 2.30. The lowest BCUT2D eigenvalue weighted by Crippen LogP contribution is -2.29. The molecule has 4 nitrogen and oxygen atoms in total. The third kappa shape index (κ3) is 7.70. The third-order valence-electron chi connectivity index (χ3n) is 4.35. The Labute approximate surface area is 174 Å². The van der Waals surface area contributed by atoms with Crippen LogP contribution in [0, 0.1) is 5.82 Å². The van der Waals surface area contributed by atoms with Gasteiger partial charge in [-0.1, -0.05) is 45.0 Å². The van der Waals surface area contributed by atoms with Crippen molar-refractivity contribution in [2.45, 2.75) is 45.3 Å². The molecule has 0 aromatic heterocycles. The molecule has 0 fully saturated rings. The first-order chi connectivity index (χ1) is 13.6. The molecule has 0 radical (unpaired) electrons. The molecule has 0 heterocycles. The van der Waals surface area contributed by atoms with Gasteiger partial charge in [0.15, 0.2) is 0 Å². The van der Waals surface area contributed by atoms with Gasteiger partial charge in [0.2, 0.25) is 0 Å². The van der Waals surface area contributed by atoms with Crippen LogP contribution in [0.5, 0.6) is 0 Å². The van der Waals surface area contributed by atoms with Gasteiger partial charge in [-0.2, -0.15) is 30.9 Å². The average molecular weight is 447 g/mol. The van der Waals surface area contributed by atoms with Gasteiger partial charge in [-0.05, 0) is 46.7 Å². The van der Waals surface area contributed by atoms with Crippen LogP contribution in [0.4, 0.5) is 17.6 Å². The molecule has 2 aromatic carbocycles. The zero-order valence-corrected chi connectivity index (χ0v) is 18.1. The van der Waals surface area contributed by atoms with E-state index in [2.05, 4.69) is 20.8 Å². The number of benzene rings is 2. The fourth-order valence-corrected chi connectivity index (χ4v) is 3.37. The van der Waals surface area contributed by atoms with Gasteiger partial charge < -0.3 is 0 Å². The third-order valence-corrected chi connectivity index (χ3v) is 4.84. The fraction of sp³-hybridized carbons (Fsp3) is 0.429. The van der Waals surface area contributed by atoms with E-state index in [4.69, 9.17) is 4.28 Å². The Morgan fingerprint density at radius 3 is 2.03 bits per heavy atom. The minimum atomic E-state index is -4.67. The summed E-state index contributed by atoms with van der Waals surface area (Å²) in [5, 5.41) is 1.14. The van der Waals surface area contributed by atoms with E-state index in [9.17, 15) is 26.0 Å². The minimum absolute atomic E-state index is 0.0313. The molecule has 30 heavy (non-hydrogen) atoms. The number of alkyl halides is 3. The molecule has 166 valence electrons. The summed E-state index contributed by atoms with van der Waals surface area (Å²) in [6, 6.07) is 9.79. The Kier molecular flexibility index (Phi) is 7.32. The van der Waals surface area contributed by atoms with Crippen LogP contribution in [0.3, 0.4) is 0 Å². The zero-order valence-electron chi connectivity index (χ0n) is 17.3. The number of hydroxylamine groups is 2. The Morgan fingerprint density at radius 2 is 1.53 bits per heavy atom. The van der Waals surface area contributed by atoms with Crippen LogP contribution in [0.2, 0.25) is 0 Å². The normalized spacial score (nSPS) is 13.1. The highest BCUT2D eigenvalue weighted by atomic mass is 32.2. The first-order valence-electron chi connectivity index (χ1n) is 9.24. The molecule has 0 unspecified atom stereocenters. The van der Waals surface area contributed by atoms with Crippen molar-refractivity contribution in [3.63, 3.8) is 0 Å². The van der Waals surface area contributed by atoms with E-state index in [1.165, 1.54) is 0 Å². The van der Waals surface area contributed by atoms with E-state index in [0.29, 0.717) is 6.07 Å². The van der Waals surface area contributed by atoms with Crippen molar-refractivity contribution in [3.8, 4) is 0 Å². The van der Waals surface area contributed by atoms with Crippen molar-refractivity contribution in [1.82, 2.24) is 5.06 Å². The summed E-state index contributed by atoms with van der Waals surface area (Å²) >= 11 is 0. The maximum absolute atomic E-state index is 13.6. The van der Waals surface area contributed by atoms with E-state index < -0.39 is 27.7 Å². The Hall–Kier alpha value is -1.97. The van der Waals surface area contributed by atoms with E-state index in [-0.39, 0.29) is 30.5 Å². The molecule has 9 heteroatoms. The van der Waals surface area contributed by atoms with Gasteiger partial charge in [0.25, 0.3) is 10.1 Å². The Bertz CT molecular complexity index is 965. The molecule has 2 aromatic rings. The van der Waals surface area contributed by atoms with Gasteiger partial charge in [0.05, 0.1) is 18.4 Å². The topological polar surface area (TPSA) is 46.6 Å². The summed E-state index contributed by atoms with van der Waals surface area (Å²) in [5.74, 6) is -1.01. The van der Waals surface area contributed by atoms with E-state index in [1.807, 2.05) is 24.3 Å². The molecule has 0 spiro atoms. The predicted molar refractivity (Wildman–Crippen MR) is 107 cm³/mol. The van der Waals surface area contributed by atoms with Crippen LogP contribution in [0.1, 0.15) is 43.0 Å². The number of hydrogen-bond donors (Lipinski definition) is 0. The van der Waals surface area contributed by atoms with Gasteiger partial charge in [-0.25, -0.2) is 4.39 Å². The molecule has 0 bridgehead atoms. The number of rotatable bonds is 7. The molecule has 0 aliphatic rings. The maximum Gasteiger partial charge on any atom is 0.416 e. The molecule has 0 aliphatic carbocycles. The number of halogens is 4. The molecule has 0 amide bonds. The fourth-order valence-electron chi connectivity index (χ4n) is 2.86. The first kappa shape index (κ1) is 24.3. The zero-order chi connectivity index (χ0) is 22.7. The van der Waals surface area contributed by atoms with Gasteiger partial charge in [-0.15, -0.1) is 0 Å². The summed E-state index contributed by atoms with van der Waals surface area (Å²) in [4.78, 5) is 0. The van der Waals surface area contributed by atoms with Crippen molar-refractivity contribution in [3.05, 3.63) is 70.5 Å². The molecule has 0 N–H and O–H groups in total. The monoisotopic (exact) mass is 447 g/mol. The molecule has 2 rings (SSSR count). The van der Waals surface area contributed by atoms with Crippen LogP contribution in [0.15, 0.2) is 42.5 Å². The molecular weight excluding hydrogens is 422 g/mol. The second kappa shape index (κ2) is 9.03. The van der Waals surface area contributed by atoms with Gasteiger partial charge in [0, 0.05) is 6.54 Å². The summed E-state index contributed by atoms with van der Waals surface area (Å²) in [5.41, 5.74) is 0.816. The summed E-state index contributed by atoms with van der Waals surface area (Å²) in [7, 11) is -3.85. The standard InChI is InChI=1S/C21H25F4NO3S/c1-20(2,3)17-7-5-15(6-8-17)14-26(29-30(4,27)28)10-9-16-11-18(21(23,24)25)13-19(22)12-16/h5-8,11-13H,9-10,14H2,1-4H3. The minimum Gasteiger partial charge on any atom is -0.207 e. The van der Waals surface area contributed by atoms with Gasteiger partial charge in [-0.3, -0.25) is 0 Å². The quantitative estimate of drug-likeness (QED) is 0.439. The highest BCUT2D eigenvalue weighted by molar-refractivity contribution is 7.85. The lowest BCUT2D eigenvalue weighted by molar-refractivity contribution is -0.137. The van der Waals surface area contributed by atoms with Crippen molar-refractivity contribution >= 4 is 10.1 Å². The van der Waals surface area contributed by atoms with Crippen molar-refractivity contribution in [2.75, 3.05) is 12.8 Å². The second-order valence-corrected chi connectivity index (χ2v) is 9.74. The van der Waals surface area contributed by atoms with Crippen LogP contribution in [-0.4, -0.2) is 26.3 Å². The van der Waals surface area contributed by atoms with Crippen molar-refractivity contribution < 1.29 is 30.3 Å². The molecule has 0 aliphatic heterocycles. The maximum atomic E-state index is 13.6. The van der Waals surface area contributed by atoms with Crippen LogP contribution >= 0.6 is 0 Å². The lowest BCUT2D eigenvalue weighted by atomic mass is 9.87. The molecular formula is C21H25F4NO3S. The van der Waals surface area contributed by atoms with Gasteiger partial charge in [0.1, 0.15) is 5.82 Å². The average Bonchev–Trinajstić information content (AvgIpc) is 2.57. The Morgan fingerprint density at radius 1 is 0.933 bits per heavy atom. The van der Waals surface area contributed by atoms with E-state index >= 15 is 0 Å². The summed E-state index contributed by atoms with van der Waals surface area (Å²) < 4.78 is 80.4. The SMILES string of the molecule is CC(C)(C)c1ccc(CN(CCc2cc(F)cc(C(F)(F)F)c2)OS(C)(=O)=O)cc1. The largest absolute Gasteiger partial charge is 0.416 e. The summed E-state index contributed by atoms with van der Waals surface area (Å²) in [6.45, 7) is 6.24. The van der Waals surface area contributed by atoms with Crippen molar-refractivity contribution in [2.24, 2.45) is 0 Å². The highest BCUT2D eigenvalue weighted by Gasteiger charge is 2.31.